The van der Waals surface area contributed by atoms with Crippen LogP contribution in [0.1, 0.15) is 26.3 Å². The molecule has 0 N–H and O–H groups in total. The Balaban J connectivity index is 2.43. The van der Waals surface area contributed by atoms with E-state index >= 15 is 0 Å². The summed E-state index contributed by atoms with van der Waals surface area (Å²) in [5, 5.41) is 4.19. The average molecular weight is 225 g/mol. The molecule has 0 aliphatic rings. The fraction of sp³-hybridized carbons (Fsp3) is 0.583. The lowest BCUT2D eigenvalue weighted by Crippen LogP contribution is -2.33. The Bertz CT molecular complexity index is 311. The van der Waals surface area contributed by atoms with Gasteiger partial charge in [-0.3, -0.25) is 9.69 Å². The summed E-state index contributed by atoms with van der Waals surface area (Å²) in [6.07, 6.45) is 0. The van der Waals surface area contributed by atoms with Crippen molar-refractivity contribution in [1.82, 2.24) is 4.90 Å². The van der Waals surface area contributed by atoms with Crippen molar-refractivity contribution in [3.63, 3.8) is 0 Å². The monoisotopic (exact) mass is 225 g/mol. The second-order valence-electron chi connectivity index (χ2n) is 4.98. The Morgan fingerprint density at radius 1 is 1.47 bits per heavy atom. The van der Waals surface area contributed by atoms with Gasteiger partial charge in [-0.05, 0) is 29.4 Å². The van der Waals surface area contributed by atoms with Crippen LogP contribution in [-0.4, -0.2) is 24.3 Å². The van der Waals surface area contributed by atoms with Crippen LogP contribution in [0.4, 0.5) is 0 Å². The molecule has 0 spiro atoms. The quantitative estimate of drug-likeness (QED) is 0.785. The van der Waals surface area contributed by atoms with Crippen molar-refractivity contribution in [2.24, 2.45) is 5.41 Å². The molecule has 0 aromatic carbocycles. The Hall–Kier alpha value is -0.670. The predicted molar refractivity (Wildman–Crippen MR) is 65.1 cm³/mol. The van der Waals surface area contributed by atoms with E-state index in [-0.39, 0.29) is 5.41 Å². The van der Waals surface area contributed by atoms with E-state index in [1.165, 1.54) is 5.56 Å². The third kappa shape index (κ3) is 4.14. The minimum Gasteiger partial charge on any atom is -0.298 e. The van der Waals surface area contributed by atoms with Crippen LogP contribution >= 0.6 is 11.3 Å². The largest absolute Gasteiger partial charge is 0.298 e. The van der Waals surface area contributed by atoms with E-state index in [2.05, 4.69) is 21.7 Å². The maximum Gasteiger partial charge on any atom is 0.152 e. The first-order valence-electron chi connectivity index (χ1n) is 5.12. The highest BCUT2D eigenvalue weighted by atomic mass is 32.1. The molecule has 84 valence electrons. The lowest BCUT2D eigenvalue weighted by molar-refractivity contribution is -0.127. The SMILES string of the molecule is CN(CC(=O)C(C)(C)C)Cc1ccsc1. The van der Waals surface area contributed by atoms with Gasteiger partial charge in [0.1, 0.15) is 0 Å². The molecule has 1 rings (SSSR count). The molecule has 0 amide bonds. The maximum atomic E-state index is 11.8. The van der Waals surface area contributed by atoms with E-state index in [1.54, 1.807) is 11.3 Å². The zero-order valence-corrected chi connectivity index (χ0v) is 10.7. The van der Waals surface area contributed by atoms with Crippen LogP contribution in [0.3, 0.4) is 0 Å². The summed E-state index contributed by atoms with van der Waals surface area (Å²) in [7, 11) is 1.99. The molecule has 0 radical (unpaired) electrons. The third-order valence-corrected chi connectivity index (χ3v) is 3.01. The summed E-state index contributed by atoms with van der Waals surface area (Å²) in [6, 6.07) is 2.10. The third-order valence-electron chi connectivity index (χ3n) is 2.28. The molecule has 0 aliphatic heterocycles. The lowest BCUT2D eigenvalue weighted by atomic mass is 9.90. The zero-order valence-electron chi connectivity index (χ0n) is 9.91. The molecule has 0 bridgehead atoms. The summed E-state index contributed by atoms with van der Waals surface area (Å²) < 4.78 is 0. The van der Waals surface area contributed by atoms with Crippen LogP contribution < -0.4 is 0 Å². The normalized spacial score (nSPS) is 12.1. The van der Waals surface area contributed by atoms with Crippen LogP contribution in [0.2, 0.25) is 0 Å². The van der Waals surface area contributed by atoms with E-state index in [4.69, 9.17) is 0 Å². The van der Waals surface area contributed by atoms with Gasteiger partial charge in [-0.2, -0.15) is 11.3 Å². The first-order valence-corrected chi connectivity index (χ1v) is 6.07. The number of Topliss-reactive ketones (excluding diaryl/α,β-unsaturated/α-hetero) is 1. The number of ketones is 1. The lowest BCUT2D eigenvalue weighted by Gasteiger charge is -2.21. The number of rotatable bonds is 4. The Kier molecular flexibility index (Phi) is 4.05. The number of hydrogen-bond donors (Lipinski definition) is 0. The van der Waals surface area contributed by atoms with Crippen molar-refractivity contribution in [3.8, 4) is 0 Å². The fourth-order valence-electron chi connectivity index (χ4n) is 1.23. The summed E-state index contributed by atoms with van der Waals surface area (Å²) in [6.45, 7) is 7.28. The molecule has 1 aromatic heterocycles. The first-order chi connectivity index (χ1) is 6.89. The van der Waals surface area contributed by atoms with E-state index < -0.39 is 0 Å². The zero-order chi connectivity index (χ0) is 11.5. The van der Waals surface area contributed by atoms with E-state index in [1.807, 2.05) is 27.8 Å². The Morgan fingerprint density at radius 3 is 2.60 bits per heavy atom. The molecule has 0 saturated heterocycles. The summed E-state index contributed by atoms with van der Waals surface area (Å²) >= 11 is 1.69. The minimum absolute atomic E-state index is 0.233. The van der Waals surface area contributed by atoms with Crippen molar-refractivity contribution in [2.45, 2.75) is 27.3 Å². The second kappa shape index (κ2) is 4.90. The predicted octanol–water partition coefficient (Wildman–Crippen LogP) is 2.80. The van der Waals surface area contributed by atoms with Crippen molar-refractivity contribution in [1.29, 1.82) is 0 Å². The Morgan fingerprint density at radius 2 is 2.13 bits per heavy atom. The van der Waals surface area contributed by atoms with Crippen LogP contribution in [0.25, 0.3) is 0 Å². The molecule has 2 nitrogen and oxygen atoms in total. The fourth-order valence-corrected chi connectivity index (χ4v) is 1.89. The van der Waals surface area contributed by atoms with Crippen LogP contribution in [0.5, 0.6) is 0 Å². The first kappa shape index (κ1) is 12.4. The van der Waals surface area contributed by atoms with Gasteiger partial charge >= 0.3 is 0 Å². The van der Waals surface area contributed by atoms with Crippen molar-refractivity contribution in [3.05, 3.63) is 22.4 Å². The summed E-state index contributed by atoms with van der Waals surface area (Å²) in [4.78, 5) is 13.8. The molecule has 1 heterocycles. The van der Waals surface area contributed by atoms with E-state index in [9.17, 15) is 4.79 Å². The molecule has 3 heteroatoms. The van der Waals surface area contributed by atoms with Crippen molar-refractivity contribution in [2.75, 3.05) is 13.6 Å². The molecule has 0 aliphatic carbocycles. The molecule has 0 fully saturated rings. The van der Waals surface area contributed by atoms with E-state index in [0.717, 1.165) is 6.54 Å². The number of thiophene rings is 1. The van der Waals surface area contributed by atoms with Gasteiger partial charge in [-0.25, -0.2) is 0 Å². The van der Waals surface area contributed by atoms with Crippen molar-refractivity contribution >= 4 is 17.1 Å². The number of carbonyl (C=O) groups is 1. The highest BCUT2D eigenvalue weighted by molar-refractivity contribution is 7.07. The molecular formula is C12H19NOS. The van der Waals surface area contributed by atoms with Gasteiger partial charge in [0, 0.05) is 12.0 Å². The minimum atomic E-state index is -0.233. The maximum absolute atomic E-state index is 11.8. The summed E-state index contributed by atoms with van der Waals surface area (Å²) in [5.41, 5.74) is 1.05. The van der Waals surface area contributed by atoms with Crippen LogP contribution in [0, 0.1) is 5.41 Å². The van der Waals surface area contributed by atoms with Gasteiger partial charge in [-0.15, -0.1) is 0 Å². The number of carbonyl (C=O) groups excluding carboxylic acids is 1. The molecule has 15 heavy (non-hydrogen) atoms. The van der Waals surface area contributed by atoms with Crippen molar-refractivity contribution < 1.29 is 4.79 Å². The van der Waals surface area contributed by atoms with Gasteiger partial charge in [0.2, 0.25) is 0 Å². The second-order valence-corrected chi connectivity index (χ2v) is 5.76. The van der Waals surface area contributed by atoms with E-state index in [0.29, 0.717) is 12.3 Å². The molecule has 0 saturated carbocycles. The van der Waals surface area contributed by atoms with Gasteiger partial charge in [0.25, 0.3) is 0 Å². The number of nitrogens with zero attached hydrogens (tertiary/aromatic N) is 1. The summed E-state index contributed by atoms with van der Waals surface area (Å²) in [5.74, 6) is 0.292. The highest BCUT2D eigenvalue weighted by Gasteiger charge is 2.22. The van der Waals surface area contributed by atoms with Gasteiger partial charge in [0.05, 0.1) is 6.54 Å². The van der Waals surface area contributed by atoms with Gasteiger partial charge in [-0.1, -0.05) is 20.8 Å². The topological polar surface area (TPSA) is 20.3 Å². The molecular weight excluding hydrogens is 206 g/mol. The molecule has 0 unspecified atom stereocenters. The van der Waals surface area contributed by atoms with Gasteiger partial charge in [0.15, 0.2) is 5.78 Å². The standard InChI is InChI=1S/C12H19NOS/c1-12(2,3)11(14)8-13(4)7-10-5-6-15-9-10/h5-6,9H,7-8H2,1-4H3. The Labute approximate surface area is 95.9 Å². The van der Waals surface area contributed by atoms with Crippen LogP contribution in [-0.2, 0) is 11.3 Å². The highest BCUT2D eigenvalue weighted by Crippen LogP contribution is 2.16. The smallest absolute Gasteiger partial charge is 0.152 e. The number of hydrogen-bond acceptors (Lipinski definition) is 3. The molecule has 0 atom stereocenters. The average Bonchev–Trinajstić information content (AvgIpc) is 2.54. The molecule has 1 aromatic rings. The van der Waals surface area contributed by atoms with Crippen LogP contribution in [0.15, 0.2) is 16.8 Å². The number of likely N-dealkylation sites (N-methyl/N-ethyl adjacent to an activating group) is 1. The van der Waals surface area contributed by atoms with Gasteiger partial charge < -0.3 is 0 Å².